The van der Waals surface area contributed by atoms with Crippen LogP contribution in [0.25, 0.3) is 0 Å². The second-order valence-corrected chi connectivity index (χ2v) is 6.83. The molecule has 1 aromatic carbocycles. The van der Waals surface area contributed by atoms with E-state index in [1.165, 1.54) is 4.90 Å². The van der Waals surface area contributed by atoms with Crippen LogP contribution in [0.15, 0.2) is 30.3 Å². The molecular formula is C20H28N2O5. The van der Waals surface area contributed by atoms with Crippen LogP contribution < -0.4 is 0 Å². The molecule has 1 heterocycles. The maximum Gasteiger partial charge on any atom is 0.326 e. The summed E-state index contributed by atoms with van der Waals surface area (Å²) in [5.74, 6) is -1.64. The molecule has 1 saturated heterocycles. The van der Waals surface area contributed by atoms with Gasteiger partial charge in [-0.15, -0.1) is 0 Å². The van der Waals surface area contributed by atoms with Crippen LogP contribution in [0.5, 0.6) is 0 Å². The van der Waals surface area contributed by atoms with Crippen LogP contribution in [0.2, 0.25) is 0 Å². The summed E-state index contributed by atoms with van der Waals surface area (Å²) in [5.41, 5.74) is 0.922. The Morgan fingerprint density at radius 3 is 2.74 bits per heavy atom. The van der Waals surface area contributed by atoms with Crippen molar-refractivity contribution in [1.82, 2.24) is 9.96 Å². The summed E-state index contributed by atoms with van der Waals surface area (Å²) in [7, 11) is 0. The van der Waals surface area contributed by atoms with Crippen molar-refractivity contribution >= 4 is 18.3 Å². The number of nitrogens with zero attached hydrogens (tertiary/aromatic N) is 2. The summed E-state index contributed by atoms with van der Waals surface area (Å²) in [4.78, 5) is 42.8. The van der Waals surface area contributed by atoms with Gasteiger partial charge in [-0.05, 0) is 24.8 Å². The van der Waals surface area contributed by atoms with Gasteiger partial charge in [-0.1, -0.05) is 50.1 Å². The van der Waals surface area contributed by atoms with Crippen LogP contribution in [0.3, 0.4) is 0 Å². The topological polar surface area (TPSA) is 87.2 Å². The number of benzene rings is 1. The zero-order chi connectivity index (χ0) is 19.6. The molecule has 1 aromatic rings. The molecule has 2 atom stereocenters. The van der Waals surface area contributed by atoms with Crippen molar-refractivity contribution < 1.29 is 24.3 Å². The number of hydrogen-bond donors (Lipinski definition) is 1. The summed E-state index contributed by atoms with van der Waals surface area (Å²) >= 11 is 0. The van der Waals surface area contributed by atoms with Crippen LogP contribution in [-0.4, -0.2) is 52.5 Å². The van der Waals surface area contributed by atoms with Gasteiger partial charge in [0.15, 0.2) is 0 Å². The molecule has 7 heteroatoms. The number of hydrogen-bond acceptors (Lipinski definition) is 4. The fourth-order valence-electron chi connectivity index (χ4n) is 3.34. The molecule has 2 amide bonds. The molecule has 2 rings (SSSR count). The number of carboxylic acid groups (broad SMARTS) is 1. The Morgan fingerprint density at radius 2 is 2.11 bits per heavy atom. The highest BCUT2D eigenvalue weighted by Crippen LogP contribution is 2.23. The summed E-state index contributed by atoms with van der Waals surface area (Å²) in [6, 6.07) is 8.69. The first-order valence-corrected chi connectivity index (χ1v) is 9.48. The van der Waals surface area contributed by atoms with Crippen LogP contribution >= 0.6 is 0 Å². The number of aliphatic carboxylic acids is 1. The van der Waals surface area contributed by atoms with Crippen molar-refractivity contribution in [2.75, 3.05) is 13.1 Å². The fraction of sp³-hybridized carbons (Fsp3) is 0.550. The molecule has 148 valence electrons. The number of rotatable bonds is 11. The molecule has 0 bridgehead atoms. The molecular weight excluding hydrogens is 348 g/mol. The van der Waals surface area contributed by atoms with Crippen LogP contribution in [0, 0.1) is 5.92 Å². The van der Waals surface area contributed by atoms with Crippen LogP contribution in [0.4, 0.5) is 0 Å². The van der Waals surface area contributed by atoms with Crippen molar-refractivity contribution in [2.24, 2.45) is 5.92 Å². The van der Waals surface area contributed by atoms with Gasteiger partial charge in [-0.3, -0.25) is 14.4 Å². The van der Waals surface area contributed by atoms with E-state index in [2.05, 4.69) is 0 Å². The second kappa shape index (κ2) is 10.7. The first-order chi connectivity index (χ1) is 13.1. The van der Waals surface area contributed by atoms with Crippen molar-refractivity contribution in [2.45, 2.75) is 51.7 Å². The van der Waals surface area contributed by atoms with Gasteiger partial charge < -0.3 is 10.0 Å². The number of amides is 2. The molecule has 1 aliphatic rings. The minimum Gasteiger partial charge on any atom is -0.480 e. The lowest BCUT2D eigenvalue weighted by atomic mass is 9.99. The molecule has 27 heavy (non-hydrogen) atoms. The first-order valence-electron chi connectivity index (χ1n) is 9.48. The molecule has 1 fully saturated rings. The number of carbonyl (C=O) groups is 3. The Kier molecular flexibility index (Phi) is 8.26. The molecule has 0 radical (unpaired) electrons. The maximum atomic E-state index is 13.0. The molecule has 0 unspecified atom stereocenters. The third-order valence-corrected chi connectivity index (χ3v) is 4.83. The zero-order valence-electron chi connectivity index (χ0n) is 15.8. The van der Waals surface area contributed by atoms with Gasteiger partial charge in [0.05, 0.1) is 12.5 Å². The van der Waals surface area contributed by atoms with Crippen molar-refractivity contribution in [3.05, 3.63) is 35.9 Å². The molecule has 7 nitrogen and oxygen atoms in total. The van der Waals surface area contributed by atoms with E-state index in [0.29, 0.717) is 32.2 Å². The summed E-state index contributed by atoms with van der Waals surface area (Å²) in [5, 5.41) is 10.5. The quantitative estimate of drug-likeness (QED) is 0.473. The smallest absolute Gasteiger partial charge is 0.326 e. The van der Waals surface area contributed by atoms with E-state index in [-0.39, 0.29) is 19.1 Å². The minimum absolute atomic E-state index is 0.123. The van der Waals surface area contributed by atoms with E-state index < -0.39 is 17.9 Å². The highest BCUT2D eigenvalue weighted by atomic mass is 16.7. The third-order valence-electron chi connectivity index (χ3n) is 4.83. The van der Waals surface area contributed by atoms with Gasteiger partial charge in [0.2, 0.25) is 12.3 Å². The van der Waals surface area contributed by atoms with Gasteiger partial charge in [0, 0.05) is 6.54 Å². The van der Waals surface area contributed by atoms with Gasteiger partial charge in [-0.25, -0.2) is 9.86 Å². The summed E-state index contributed by atoms with van der Waals surface area (Å²) in [6.45, 7) is 2.83. The van der Waals surface area contributed by atoms with E-state index in [1.807, 2.05) is 37.3 Å². The zero-order valence-corrected chi connectivity index (χ0v) is 15.8. The Balaban J connectivity index is 2.01. The van der Waals surface area contributed by atoms with Gasteiger partial charge in [-0.2, -0.15) is 0 Å². The second-order valence-electron chi connectivity index (χ2n) is 6.83. The molecule has 1 aliphatic heterocycles. The first kappa shape index (κ1) is 20.9. The molecule has 0 aromatic heterocycles. The number of carbonyl (C=O) groups excluding carboxylic acids is 2. The summed E-state index contributed by atoms with van der Waals surface area (Å²) in [6.07, 6.45) is 4.07. The number of likely N-dealkylation sites (tertiary alicyclic amines) is 1. The normalized spacial score (nSPS) is 17.5. The van der Waals surface area contributed by atoms with Gasteiger partial charge in [0.25, 0.3) is 0 Å². The Hall–Kier alpha value is -2.41. The fourth-order valence-corrected chi connectivity index (χ4v) is 3.34. The van der Waals surface area contributed by atoms with E-state index in [1.54, 1.807) is 0 Å². The SMILES string of the molecule is CCCC[C@H](CN(C=O)OCc1ccccc1)C(=O)N1CCC[C@H]1C(=O)O. The average molecular weight is 376 g/mol. The number of unbranched alkanes of at least 4 members (excludes halogenated alkanes) is 1. The lowest BCUT2D eigenvalue weighted by Crippen LogP contribution is -2.46. The molecule has 1 N–H and O–H groups in total. The number of carboxylic acids is 1. The van der Waals surface area contributed by atoms with Crippen molar-refractivity contribution in [3.8, 4) is 0 Å². The molecule has 0 saturated carbocycles. The predicted molar refractivity (Wildman–Crippen MR) is 99.4 cm³/mol. The highest BCUT2D eigenvalue weighted by molar-refractivity contribution is 5.86. The largest absolute Gasteiger partial charge is 0.480 e. The van der Waals surface area contributed by atoms with E-state index in [0.717, 1.165) is 23.5 Å². The maximum absolute atomic E-state index is 13.0. The Bertz CT molecular complexity index is 622. The Labute approximate surface area is 159 Å². The lowest BCUT2D eigenvalue weighted by Gasteiger charge is -2.29. The molecule has 0 aliphatic carbocycles. The van der Waals surface area contributed by atoms with E-state index in [4.69, 9.17) is 4.84 Å². The minimum atomic E-state index is -0.970. The lowest BCUT2D eigenvalue weighted by molar-refractivity contribution is -0.183. The monoisotopic (exact) mass is 376 g/mol. The van der Waals surface area contributed by atoms with Gasteiger partial charge in [0.1, 0.15) is 12.6 Å². The Morgan fingerprint density at radius 1 is 1.37 bits per heavy atom. The van der Waals surface area contributed by atoms with E-state index in [9.17, 15) is 19.5 Å². The van der Waals surface area contributed by atoms with Crippen LogP contribution in [0.1, 0.15) is 44.6 Å². The molecule has 0 spiro atoms. The average Bonchev–Trinajstić information content (AvgIpc) is 3.18. The number of hydroxylamine groups is 2. The van der Waals surface area contributed by atoms with E-state index >= 15 is 0 Å². The van der Waals surface area contributed by atoms with Crippen molar-refractivity contribution in [3.63, 3.8) is 0 Å². The van der Waals surface area contributed by atoms with Gasteiger partial charge >= 0.3 is 5.97 Å². The standard InChI is InChI=1S/C20H28N2O5/c1-2-3-10-17(19(24)22-12-7-11-18(22)20(25)26)13-21(15-23)27-14-16-8-5-4-6-9-16/h4-6,8-9,15,17-18H,2-3,7,10-14H2,1H3,(H,25,26)/t17-,18+/m1/s1. The van der Waals surface area contributed by atoms with Crippen molar-refractivity contribution in [1.29, 1.82) is 0 Å². The summed E-state index contributed by atoms with van der Waals surface area (Å²) < 4.78 is 0. The van der Waals surface area contributed by atoms with Crippen LogP contribution in [-0.2, 0) is 25.8 Å². The third kappa shape index (κ3) is 6.06. The highest BCUT2D eigenvalue weighted by Gasteiger charge is 2.37. The predicted octanol–water partition coefficient (Wildman–Crippen LogP) is 2.46.